The van der Waals surface area contributed by atoms with Crippen molar-refractivity contribution in [2.45, 2.75) is 13.8 Å². The number of nitrogens with one attached hydrogen (secondary N) is 1. The molecule has 0 aromatic heterocycles. The Balaban J connectivity index is 2.17. The summed E-state index contributed by atoms with van der Waals surface area (Å²) in [6.45, 7) is 3.81. The molecule has 0 aliphatic heterocycles. The number of carbonyl (C=O) groups excluding carboxylic acids is 1. The van der Waals surface area contributed by atoms with Gasteiger partial charge in [0.15, 0.2) is 0 Å². The van der Waals surface area contributed by atoms with Crippen molar-refractivity contribution in [2.75, 3.05) is 23.8 Å². The van der Waals surface area contributed by atoms with Crippen molar-refractivity contribution in [3.8, 4) is 0 Å². The zero-order chi connectivity index (χ0) is 17.9. The molecule has 0 unspecified atom stereocenters. The minimum absolute atomic E-state index is 0.0176. The van der Waals surface area contributed by atoms with Crippen LogP contribution in [0.3, 0.4) is 0 Å². The largest absolute Gasteiger partial charge is 0.360 e. The van der Waals surface area contributed by atoms with Gasteiger partial charge in [0.25, 0.3) is 5.69 Å². The summed E-state index contributed by atoms with van der Waals surface area (Å²) in [5.74, 6) is -0.251. The first-order valence-electron chi connectivity index (χ1n) is 7.30. The predicted molar refractivity (Wildman–Crippen MR) is 95.9 cm³/mol. The Morgan fingerprint density at radius 1 is 1.25 bits per heavy atom. The molecule has 126 valence electrons. The highest BCUT2D eigenvalue weighted by atomic mass is 35.5. The first-order valence-corrected chi connectivity index (χ1v) is 7.68. The van der Waals surface area contributed by atoms with Crippen LogP contribution in [0, 0.1) is 24.0 Å². The van der Waals surface area contributed by atoms with Gasteiger partial charge in [-0.05, 0) is 37.1 Å². The van der Waals surface area contributed by atoms with Gasteiger partial charge in [-0.15, -0.1) is 0 Å². The van der Waals surface area contributed by atoms with Crippen LogP contribution in [0.1, 0.15) is 11.1 Å². The molecule has 1 N–H and O–H groups in total. The van der Waals surface area contributed by atoms with Crippen molar-refractivity contribution in [2.24, 2.45) is 0 Å². The number of aryl methyl sites for hydroxylation is 2. The Bertz CT molecular complexity index is 772. The average molecular weight is 348 g/mol. The molecule has 6 nitrogen and oxygen atoms in total. The zero-order valence-electron chi connectivity index (χ0n) is 13.7. The Morgan fingerprint density at radius 2 is 1.88 bits per heavy atom. The molecule has 0 fully saturated rings. The molecule has 7 heteroatoms. The van der Waals surface area contributed by atoms with E-state index in [0.29, 0.717) is 5.69 Å². The van der Waals surface area contributed by atoms with Gasteiger partial charge in [-0.25, -0.2) is 0 Å². The molecular weight excluding hydrogens is 330 g/mol. The average Bonchev–Trinajstić information content (AvgIpc) is 2.50. The lowest BCUT2D eigenvalue weighted by Gasteiger charge is -2.19. The number of carbonyl (C=O) groups is 1. The Labute approximate surface area is 145 Å². The molecule has 2 rings (SSSR count). The number of nitro groups is 1. The van der Waals surface area contributed by atoms with Gasteiger partial charge in [0.2, 0.25) is 5.91 Å². The molecule has 0 saturated carbocycles. The molecule has 0 spiro atoms. The number of hydrogen-bond donors (Lipinski definition) is 1. The maximum atomic E-state index is 12.3. The van der Waals surface area contributed by atoms with Crippen LogP contribution < -0.4 is 10.2 Å². The van der Waals surface area contributed by atoms with E-state index in [1.807, 2.05) is 32.0 Å². The first kappa shape index (κ1) is 17.7. The van der Waals surface area contributed by atoms with Gasteiger partial charge in [0, 0.05) is 23.8 Å². The van der Waals surface area contributed by atoms with E-state index in [-0.39, 0.29) is 23.2 Å². The lowest BCUT2D eigenvalue weighted by molar-refractivity contribution is -0.384. The van der Waals surface area contributed by atoms with Gasteiger partial charge < -0.3 is 10.2 Å². The summed E-state index contributed by atoms with van der Waals surface area (Å²) in [6.07, 6.45) is 0. The van der Waals surface area contributed by atoms with Crippen molar-refractivity contribution in [3.63, 3.8) is 0 Å². The van der Waals surface area contributed by atoms with E-state index in [4.69, 9.17) is 11.6 Å². The van der Waals surface area contributed by atoms with Gasteiger partial charge in [-0.2, -0.15) is 0 Å². The van der Waals surface area contributed by atoms with Gasteiger partial charge in [0.1, 0.15) is 5.69 Å². The SMILES string of the molecule is Cc1cccc(C)c1NC(=O)CN(C)c1ccc(Cl)cc1[N+](=O)[O-]. The lowest BCUT2D eigenvalue weighted by atomic mass is 10.1. The molecule has 0 aliphatic carbocycles. The summed E-state index contributed by atoms with van der Waals surface area (Å²) in [7, 11) is 1.63. The fourth-order valence-corrected chi connectivity index (χ4v) is 2.62. The summed E-state index contributed by atoms with van der Waals surface area (Å²) < 4.78 is 0. The van der Waals surface area contributed by atoms with E-state index in [2.05, 4.69) is 5.32 Å². The van der Waals surface area contributed by atoms with Gasteiger partial charge in [-0.3, -0.25) is 14.9 Å². The zero-order valence-corrected chi connectivity index (χ0v) is 14.4. The molecule has 0 saturated heterocycles. The summed E-state index contributed by atoms with van der Waals surface area (Å²) >= 11 is 5.81. The number of nitro benzene ring substituents is 1. The fourth-order valence-electron chi connectivity index (χ4n) is 2.46. The third kappa shape index (κ3) is 4.02. The number of rotatable bonds is 5. The number of amides is 1. The quantitative estimate of drug-likeness (QED) is 0.656. The predicted octanol–water partition coefficient (Wildman–Crippen LogP) is 3.94. The normalized spacial score (nSPS) is 10.3. The monoisotopic (exact) mass is 347 g/mol. The van der Waals surface area contributed by atoms with Crippen LogP contribution in [-0.2, 0) is 4.79 Å². The standard InChI is InChI=1S/C17H18ClN3O3/c1-11-5-4-6-12(2)17(11)19-16(22)10-20(3)14-8-7-13(18)9-15(14)21(23)24/h4-9H,10H2,1-3H3,(H,19,22). The second-order valence-electron chi connectivity index (χ2n) is 5.56. The van der Waals surface area contributed by atoms with Crippen LogP contribution >= 0.6 is 11.6 Å². The summed E-state index contributed by atoms with van der Waals surface area (Å²) in [4.78, 5) is 24.5. The second kappa shape index (κ2) is 7.31. The molecule has 1 amide bonds. The van der Waals surface area contributed by atoms with Crippen molar-refractivity contribution < 1.29 is 9.72 Å². The third-order valence-electron chi connectivity index (χ3n) is 3.67. The van der Waals surface area contributed by atoms with Crippen LogP contribution in [0.15, 0.2) is 36.4 Å². The minimum Gasteiger partial charge on any atom is -0.360 e. The van der Waals surface area contributed by atoms with Crippen molar-refractivity contribution in [1.29, 1.82) is 0 Å². The lowest BCUT2D eigenvalue weighted by Crippen LogP contribution is -2.30. The number of hydrogen-bond acceptors (Lipinski definition) is 4. The van der Waals surface area contributed by atoms with Gasteiger partial charge in [-0.1, -0.05) is 29.8 Å². The topological polar surface area (TPSA) is 75.5 Å². The van der Waals surface area contributed by atoms with E-state index in [1.54, 1.807) is 13.1 Å². The van der Waals surface area contributed by atoms with Crippen molar-refractivity contribution in [1.82, 2.24) is 0 Å². The van der Waals surface area contributed by atoms with Crippen molar-refractivity contribution >= 4 is 34.6 Å². The number of benzene rings is 2. The van der Waals surface area contributed by atoms with Crippen LogP contribution in [0.5, 0.6) is 0 Å². The molecule has 0 radical (unpaired) electrons. The van der Waals surface area contributed by atoms with Gasteiger partial charge in [0.05, 0.1) is 11.5 Å². The number of anilines is 2. The molecule has 2 aromatic carbocycles. The molecule has 2 aromatic rings. The van der Waals surface area contributed by atoms with Crippen LogP contribution in [0.2, 0.25) is 5.02 Å². The minimum atomic E-state index is -0.513. The number of nitrogens with zero attached hydrogens (tertiary/aromatic N) is 2. The number of likely N-dealkylation sites (N-methyl/N-ethyl adjacent to an activating group) is 1. The van der Waals surface area contributed by atoms with Crippen LogP contribution in [0.25, 0.3) is 0 Å². The van der Waals surface area contributed by atoms with Gasteiger partial charge >= 0.3 is 0 Å². The van der Waals surface area contributed by atoms with Crippen molar-refractivity contribution in [3.05, 3.63) is 62.7 Å². The highest BCUT2D eigenvalue weighted by Crippen LogP contribution is 2.30. The fraction of sp³-hybridized carbons (Fsp3) is 0.235. The molecule has 0 bridgehead atoms. The smallest absolute Gasteiger partial charge is 0.294 e. The summed E-state index contributed by atoms with van der Waals surface area (Å²) in [5, 5.41) is 14.3. The maximum absolute atomic E-state index is 12.3. The molecule has 0 aliphatic rings. The molecular formula is C17H18ClN3O3. The Hall–Kier alpha value is -2.60. The second-order valence-corrected chi connectivity index (χ2v) is 6.00. The van der Waals surface area contributed by atoms with E-state index >= 15 is 0 Å². The number of halogens is 1. The molecule has 0 atom stereocenters. The van der Waals surface area contributed by atoms with Crippen LogP contribution in [-0.4, -0.2) is 24.4 Å². The van der Waals surface area contributed by atoms with E-state index in [0.717, 1.165) is 16.8 Å². The molecule has 24 heavy (non-hydrogen) atoms. The highest BCUT2D eigenvalue weighted by Gasteiger charge is 2.19. The first-order chi connectivity index (χ1) is 11.3. The summed E-state index contributed by atoms with van der Waals surface area (Å²) in [6, 6.07) is 10.1. The number of para-hydroxylation sites is 1. The summed E-state index contributed by atoms with van der Waals surface area (Å²) in [5.41, 5.74) is 2.89. The highest BCUT2D eigenvalue weighted by molar-refractivity contribution is 6.30. The van der Waals surface area contributed by atoms with Crippen LogP contribution in [0.4, 0.5) is 17.1 Å². The Kier molecular flexibility index (Phi) is 5.41. The Morgan fingerprint density at radius 3 is 2.46 bits per heavy atom. The maximum Gasteiger partial charge on any atom is 0.294 e. The van der Waals surface area contributed by atoms with E-state index in [9.17, 15) is 14.9 Å². The molecule has 0 heterocycles. The van der Waals surface area contributed by atoms with E-state index < -0.39 is 4.92 Å². The van der Waals surface area contributed by atoms with E-state index in [1.165, 1.54) is 17.0 Å². The third-order valence-corrected chi connectivity index (χ3v) is 3.91.